The molecule has 86 valence electrons. The Morgan fingerprint density at radius 2 is 1.60 bits per heavy atom. The van der Waals surface area contributed by atoms with Gasteiger partial charge in [-0.25, -0.2) is 0 Å². The highest BCUT2D eigenvalue weighted by molar-refractivity contribution is 6.43. The first-order valence-corrected chi connectivity index (χ1v) is 4.34. The summed E-state index contributed by atoms with van der Waals surface area (Å²) in [5, 5.41) is 15.3. The van der Waals surface area contributed by atoms with Gasteiger partial charge >= 0.3 is 0 Å². The second-order valence-corrected chi connectivity index (χ2v) is 3.05. The molecule has 0 saturated carbocycles. The smallest absolute Gasteiger partial charge is 0.291 e. The molecule has 5 N–H and O–H groups in total. The summed E-state index contributed by atoms with van der Waals surface area (Å²) in [7, 11) is 0. The lowest BCUT2D eigenvalue weighted by Crippen LogP contribution is -2.02. The molecule has 1 aromatic carbocycles. The Kier molecular flexibility index (Phi) is 10.8. The van der Waals surface area contributed by atoms with Crippen molar-refractivity contribution in [1.82, 2.24) is 0 Å². The fourth-order valence-corrected chi connectivity index (χ4v) is 0.997. The van der Waals surface area contributed by atoms with Gasteiger partial charge in [0.2, 0.25) is 0 Å². The summed E-state index contributed by atoms with van der Waals surface area (Å²) in [5.74, 6) is 8.00. The van der Waals surface area contributed by atoms with Gasteiger partial charge in [-0.1, -0.05) is 34.8 Å². The summed E-state index contributed by atoms with van der Waals surface area (Å²) in [6.45, 7) is 0. The lowest BCUT2D eigenvalue weighted by atomic mass is 10.4. The number of hydrazine groups is 1. The van der Waals surface area contributed by atoms with Crippen molar-refractivity contribution >= 4 is 34.8 Å². The normalized spacial score (nSPS) is 7.80. The molecule has 0 spiro atoms. The van der Waals surface area contributed by atoms with E-state index < -0.39 is 5.09 Å². The van der Waals surface area contributed by atoms with Gasteiger partial charge in [-0.2, -0.15) is 0 Å². The van der Waals surface area contributed by atoms with E-state index in [1.54, 1.807) is 18.2 Å². The second-order valence-electron chi connectivity index (χ2n) is 1.80. The summed E-state index contributed by atoms with van der Waals surface area (Å²) in [4.78, 5) is 8.36. The summed E-state index contributed by atoms with van der Waals surface area (Å²) in [6, 6.07) is 4.95. The Bertz CT molecular complexity index is 307. The molecule has 0 heterocycles. The molecule has 0 bridgehead atoms. The molecule has 0 unspecified atom stereocenters. The minimum Gasteiger partial charge on any atom is -0.328 e. The van der Waals surface area contributed by atoms with Crippen molar-refractivity contribution in [3.63, 3.8) is 0 Å². The van der Waals surface area contributed by atoms with Crippen LogP contribution >= 0.6 is 34.8 Å². The van der Waals surface area contributed by atoms with Crippen LogP contribution in [-0.4, -0.2) is 10.3 Å². The first-order valence-electron chi connectivity index (χ1n) is 3.20. The fraction of sp³-hybridized carbons (Fsp3) is 0. The van der Waals surface area contributed by atoms with Gasteiger partial charge in [0.05, 0.1) is 10.0 Å². The molecule has 0 aromatic heterocycles. The number of benzene rings is 1. The average Bonchev–Trinajstić information content (AvgIpc) is 2.14. The van der Waals surface area contributed by atoms with Crippen molar-refractivity contribution < 1.29 is 10.3 Å². The van der Waals surface area contributed by atoms with Crippen molar-refractivity contribution in [3.8, 4) is 0 Å². The SMILES string of the molecule is Clc1ccc(Cl)c(Cl)c1.NN.O=[N+]([O-])O. The van der Waals surface area contributed by atoms with Gasteiger partial charge in [0.1, 0.15) is 0 Å². The summed E-state index contributed by atoms with van der Waals surface area (Å²) >= 11 is 16.8. The minimum atomic E-state index is -1.50. The van der Waals surface area contributed by atoms with Gasteiger partial charge in [-0.15, -0.1) is 10.1 Å². The largest absolute Gasteiger partial charge is 0.328 e. The Labute approximate surface area is 100 Å². The van der Waals surface area contributed by atoms with Crippen LogP contribution in [0.15, 0.2) is 18.2 Å². The van der Waals surface area contributed by atoms with E-state index in [0.717, 1.165) is 0 Å². The van der Waals surface area contributed by atoms with Gasteiger partial charge in [0.25, 0.3) is 5.09 Å². The third kappa shape index (κ3) is 11.1. The number of nitrogens with two attached hydrogens (primary N) is 2. The van der Waals surface area contributed by atoms with Crippen LogP contribution in [0.1, 0.15) is 0 Å². The van der Waals surface area contributed by atoms with Crippen LogP contribution < -0.4 is 11.7 Å². The van der Waals surface area contributed by atoms with Crippen molar-refractivity contribution in [2.24, 2.45) is 11.7 Å². The predicted molar refractivity (Wildman–Crippen MR) is 58.6 cm³/mol. The molecule has 1 aromatic rings. The Hall–Kier alpha value is -0.790. The van der Waals surface area contributed by atoms with Crippen molar-refractivity contribution in [2.75, 3.05) is 0 Å². The molecule has 1 rings (SSSR count). The van der Waals surface area contributed by atoms with Crippen LogP contribution in [0.25, 0.3) is 0 Å². The Morgan fingerprint density at radius 1 is 1.20 bits per heavy atom. The van der Waals surface area contributed by atoms with Gasteiger partial charge in [0.15, 0.2) is 0 Å². The highest BCUT2D eigenvalue weighted by Gasteiger charge is 1.94. The van der Waals surface area contributed by atoms with Gasteiger partial charge in [0, 0.05) is 5.02 Å². The predicted octanol–water partition coefficient (Wildman–Crippen LogP) is 2.12. The average molecular weight is 277 g/mol. The van der Waals surface area contributed by atoms with Crippen LogP contribution in [0.4, 0.5) is 0 Å². The zero-order chi connectivity index (χ0) is 12.4. The molecular weight excluding hydrogens is 268 g/mol. The molecule has 0 atom stereocenters. The standard InChI is InChI=1S/C6H3Cl3.H4N2.HNO3/c7-4-1-2-5(8)6(9)3-4;1-2;2-1(3)4/h1-3H;1-2H2;(H,2,3,4). The summed E-state index contributed by atoms with van der Waals surface area (Å²) in [6.07, 6.45) is 0. The van der Waals surface area contributed by atoms with Gasteiger partial charge in [-0.05, 0) is 18.2 Å². The molecule has 0 aliphatic carbocycles. The number of hydrogen-bond donors (Lipinski definition) is 3. The van der Waals surface area contributed by atoms with E-state index in [-0.39, 0.29) is 0 Å². The molecule has 0 amide bonds. The minimum absolute atomic E-state index is 0.490. The van der Waals surface area contributed by atoms with Gasteiger partial charge in [-0.3, -0.25) is 11.7 Å². The van der Waals surface area contributed by atoms with Crippen LogP contribution in [0.3, 0.4) is 0 Å². The van der Waals surface area contributed by atoms with E-state index in [2.05, 4.69) is 11.7 Å². The van der Waals surface area contributed by atoms with Crippen molar-refractivity contribution in [1.29, 1.82) is 0 Å². The Morgan fingerprint density at radius 3 is 1.87 bits per heavy atom. The van der Waals surface area contributed by atoms with Crippen LogP contribution in [0.2, 0.25) is 15.1 Å². The van der Waals surface area contributed by atoms with E-state index in [1.165, 1.54) is 0 Å². The molecular formula is C6H8Cl3N3O3. The third-order valence-electron chi connectivity index (χ3n) is 0.882. The first-order chi connectivity index (χ1) is 6.93. The summed E-state index contributed by atoms with van der Waals surface area (Å²) < 4.78 is 0. The monoisotopic (exact) mass is 275 g/mol. The molecule has 6 nitrogen and oxygen atoms in total. The molecule has 0 radical (unpaired) electrons. The number of hydrogen-bond acceptors (Lipinski definition) is 4. The van der Waals surface area contributed by atoms with Gasteiger partial charge < -0.3 is 5.21 Å². The lowest BCUT2D eigenvalue weighted by Gasteiger charge is -1.92. The number of rotatable bonds is 0. The van der Waals surface area contributed by atoms with E-state index in [9.17, 15) is 0 Å². The highest BCUT2D eigenvalue weighted by Crippen LogP contribution is 2.24. The zero-order valence-electron chi connectivity index (χ0n) is 7.23. The Balaban J connectivity index is 0. The lowest BCUT2D eigenvalue weighted by molar-refractivity contribution is -0.742. The van der Waals surface area contributed by atoms with Crippen LogP contribution in [0, 0.1) is 10.1 Å². The molecule has 0 saturated heterocycles. The topological polar surface area (TPSA) is 115 Å². The molecule has 0 fully saturated rings. The fourth-order valence-electron chi connectivity index (χ4n) is 0.470. The summed E-state index contributed by atoms with van der Waals surface area (Å²) in [5.41, 5.74) is 0. The number of halogens is 3. The van der Waals surface area contributed by atoms with E-state index in [1.807, 2.05) is 0 Å². The molecule has 15 heavy (non-hydrogen) atoms. The van der Waals surface area contributed by atoms with Crippen molar-refractivity contribution in [3.05, 3.63) is 43.4 Å². The van der Waals surface area contributed by atoms with E-state index in [4.69, 9.17) is 50.1 Å². The van der Waals surface area contributed by atoms with Crippen molar-refractivity contribution in [2.45, 2.75) is 0 Å². The second kappa shape index (κ2) is 9.75. The molecule has 9 heteroatoms. The van der Waals surface area contributed by atoms with E-state index in [0.29, 0.717) is 15.1 Å². The first kappa shape index (κ1) is 16.6. The van der Waals surface area contributed by atoms with Crippen LogP contribution in [-0.2, 0) is 0 Å². The molecule has 0 aliphatic rings. The quantitative estimate of drug-likeness (QED) is 0.290. The van der Waals surface area contributed by atoms with E-state index >= 15 is 0 Å². The maximum Gasteiger partial charge on any atom is 0.291 e. The molecule has 0 aliphatic heterocycles. The third-order valence-corrected chi connectivity index (χ3v) is 1.86. The number of nitrogens with zero attached hydrogens (tertiary/aromatic N) is 1. The zero-order valence-corrected chi connectivity index (χ0v) is 9.50. The van der Waals surface area contributed by atoms with Crippen LogP contribution in [0.5, 0.6) is 0 Å². The maximum atomic E-state index is 8.36. The highest BCUT2D eigenvalue weighted by atomic mass is 35.5. The maximum absolute atomic E-state index is 8.36.